The predicted octanol–water partition coefficient (Wildman–Crippen LogP) is 5.76. The number of carbonyl (C=O) groups excluding carboxylic acids is 2. The second-order valence-corrected chi connectivity index (χ2v) is 8.00. The van der Waals surface area contributed by atoms with E-state index in [1.807, 2.05) is 31.2 Å². The molecule has 0 atom stereocenters. The quantitative estimate of drug-likeness (QED) is 0.292. The molecule has 0 unspecified atom stereocenters. The number of esters is 2. The lowest BCUT2D eigenvalue weighted by Crippen LogP contribution is -2.19. The van der Waals surface area contributed by atoms with Crippen LogP contribution in [-0.4, -0.2) is 18.5 Å². The van der Waals surface area contributed by atoms with Crippen LogP contribution >= 0.6 is 0 Å². The molecule has 0 spiro atoms. The number of hydrogen-bond acceptors (Lipinski definition) is 5. The van der Waals surface area contributed by atoms with Crippen molar-refractivity contribution in [3.63, 3.8) is 0 Å². The Bertz CT molecular complexity index is 983. The van der Waals surface area contributed by atoms with Crippen molar-refractivity contribution in [1.82, 2.24) is 0 Å². The first-order valence-electron chi connectivity index (χ1n) is 10.2. The zero-order chi connectivity index (χ0) is 23.2. The van der Waals surface area contributed by atoms with Gasteiger partial charge in [-0.05, 0) is 55.7 Å². The van der Waals surface area contributed by atoms with Crippen LogP contribution in [0.3, 0.4) is 0 Å². The van der Waals surface area contributed by atoms with E-state index in [0.717, 1.165) is 17.5 Å². The molecule has 0 aliphatic heterocycles. The van der Waals surface area contributed by atoms with Crippen molar-refractivity contribution in [2.24, 2.45) is 0 Å². The predicted molar refractivity (Wildman–Crippen MR) is 122 cm³/mol. The molecular formula is C26H30O5. The number of rotatable bonds is 9. The highest BCUT2D eigenvalue weighted by molar-refractivity contribution is 5.89. The van der Waals surface area contributed by atoms with Crippen molar-refractivity contribution < 1.29 is 23.8 Å². The van der Waals surface area contributed by atoms with Gasteiger partial charge in [0.15, 0.2) is 11.5 Å². The Hall–Kier alpha value is -3.34. The molecule has 0 aliphatic carbocycles. The molecule has 2 rings (SSSR count). The van der Waals surface area contributed by atoms with Crippen LogP contribution in [0.15, 0.2) is 66.8 Å². The summed E-state index contributed by atoms with van der Waals surface area (Å²) in [7, 11) is 0. The molecule has 164 valence electrons. The summed E-state index contributed by atoms with van der Waals surface area (Å²) in [5.41, 5.74) is 2.30. The highest BCUT2D eigenvalue weighted by Gasteiger charge is 2.25. The largest absolute Gasteiger partial charge is 0.490 e. The van der Waals surface area contributed by atoms with Gasteiger partial charge >= 0.3 is 11.9 Å². The first kappa shape index (κ1) is 23.9. The van der Waals surface area contributed by atoms with E-state index in [0.29, 0.717) is 35.0 Å². The lowest BCUT2D eigenvalue weighted by Gasteiger charge is -2.27. The van der Waals surface area contributed by atoms with Gasteiger partial charge < -0.3 is 14.2 Å². The fraction of sp³-hybridized carbons (Fsp3) is 0.308. The Labute approximate surface area is 184 Å². The molecule has 5 heteroatoms. The second kappa shape index (κ2) is 10.1. The molecule has 2 aromatic carbocycles. The molecule has 0 saturated carbocycles. The molecule has 0 aromatic heterocycles. The van der Waals surface area contributed by atoms with Crippen LogP contribution in [0.25, 0.3) is 0 Å². The normalized spacial score (nSPS) is 10.9. The maximum Gasteiger partial charge on any atom is 0.338 e. The van der Waals surface area contributed by atoms with Gasteiger partial charge in [-0.1, -0.05) is 52.1 Å². The number of hydrogen-bond donors (Lipinski definition) is 0. The lowest BCUT2D eigenvalue weighted by atomic mass is 9.78. The molecule has 0 fully saturated rings. The third-order valence-corrected chi connectivity index (χ3v) is 4.81. The molecule has 0 amide bonds. The Morgan fingerprint density at radius 2 is 1.39 bits per heavy atom. The summed E-state index contributed by atoms with van der Waals surface area (Å²) in [5, 5.41) is 0. The number of benzene rings is 2. The van der Waals surface area contributed by atoms with Gasteiger partial charge in [-0.2, -0.15) is 0 Å². The number of carbonyl (C=O) groups is 2. The zero-order valence-electron chi connectivity index (χ0n) is 18.9. The van der Waals surface area contributed by atoms with Crippen LogP contribution in [0.2, 0.25) is 0 Å². The molecule has 0 heterocycles. The van der Waals surface area contributed by atoms with Crippen molar-refractivity contribution >= 4 is 11.9 Å². The van der Waals surface area contributed by atoms with Gasteiger partial charge in [0.1, 0.15) is 5.75 Å². The van der Waals surface area contributed by atoms with Crippen molar-refractivity contribution in [2.45, 2.75) is 46.5 Å². The monoisotopic (exact) mass is 422 g/mol. The maximum atomic E-state index is 12.0. The van der Waals surface area contributed by atoms with Crippen molar-refractivity contribution in [3.8, 4) is 17.2 Å². The zero-order valence-corrected chi connectivity index (χ0v) is 18.9. The van der Waals surface area contributed by atoms with E-state index < -0.39 is 11.9 Å². The van der Waals surface area contributed by atoms with Crippen molar-refractivity contribution in [2.75, 3.05) is 6.61 Å². The van der Waals surface area contributed by atoms with Gasteiger partial charge in [-0.25, -0.2) is 9.59 Å². The molecule has 0 saturated heterocycles. The molecule has 0 bridgehead atoms. The molecule has 0 aliphatic rings. The summed E-state index contributed by atoms with van der Waals surface area (Å²) in [5.74, 6) is 0.386. The Morgan fingerprint density at radius 1 is 0.839 bits per heavy atom. The van der Waals surface area contributed by atoms with Gasteiger partial charge in [0.2, 0.25) is 0 Å². The van der Waals surface area contributed by atoms with E-state index in [1.54, 1.807) is 32.0 Å². The van der Waals surface area contributed by atoms with E-state index in [9.17, 15) is 9.59 Å². The van der Waals surface area contributed by atoms with Crippen LogP contribution in [-0.2, 0) is 15.0 Å². The first-order chi connectivity index (χ1) is 14.6. The molecule has 2 aromatic rings. The van der Waals surface area contributed by atoms with Gasteiger partial charge in [-0.3, -0.25) is 0 Å². The van der Waals surface area contributed by atoms with Crippen LogP contribution in [0, 0.1) is 0 Å². The molecule has 0 radical (unpaired) electrons. The minimum Gasteiger partial charge on any atom is -0.490 e. The second-order valence-electron chi connectivity index (χ2n) is 8.00. The fourth-order valence-electron chi connectivity index (χ4n) is 2.79. The van der Waals surface area contributed by atoms with Gasteiger partial charge in [0.05, 0.1) is 6.61 Å². The van der Waals surface area contributed by atoms with E-state index in [2.05, 4.69) is 27.0 Å². The molecule has 31 heavy (non-hydrogen) atoms. The van der Waals surface area contributed by atoms with E-state index in [-0.39, 0.29) is 5.41 Å². The maximum absolute atomic E-state index is 12.0. The van der Waals surface area contributed by atoms with Crippen molar-refractivity contribution in [1.29, 1.82) is 0 Å². The lowest BCUT2D eigenvalue weighted by molar-refractivity contribution is -0.131. The summed E-state index contributed by atoms with van der Waals surface area (Å²) in [6.45, 7) is 17.1. The van der Waals surface area contributed by atoms with Crippen LogP contribution in [0.4, 0.5) is 0 Å². The highest BCUT2D eigenvalue weighted by Crippen LogP contribution is 2.38. The Morgan fingerprint density at radius 3 is 1.94 bits per heavy atom. The van der Waals surface area contributed by atoms with Gasteiger partial charge in [0.25, 0.3) is 0 Å². The summed E-state index contributed by atoms with van der Waals surface area (Å²) in [6, 6.07) is 12.9. The SMILES string of the molecule is C=C(C)C(=O)Oc1ccc(C(C)(C)c2ccc(OC(=O)C(=C)C)c(OCCC)c2)cc1. The topological polar surface area (TPSA) is 61.8 Å². The van der Waals surface area contributed by atoms with E-state index >= 15 is 0 Å². The smallest absolute Gasteiger partial charge is 0.338 e. The highest BCUT2D eigenvalue weighted by atomic mass is 16.6. The van der Waals surface area contributed by atoms with E-state index in [1.165, 1.54) is 0 Å². The first-order valence-corrected chi connectivity index (χ1v) is 10.2. The van der Waals surface area contributed by atoms with Crippen LogP contribution in [0.5, 0.6) is 17.2 Å². The minimum atomic E-state index is -0.492. The molecular weight excluding hydrogens is 392 g/mol. The van der Waals surface area contributed by atoms with E-state index in [4.69, 9.17) is 14.2 Å². The fourth-order valence-corrected chi connectivity index (χ4v) is 2.79. The van der Waals surface area contributed by atoms with Crippen molar-refractivity contribution in [3.05, 3.63) is 77.9 Å². The average Bonchev–Trinajstić information content (AvgIpc) is 2.73. The summed E-state index contributed by atoms with van der Waals surface area (Å²) in [6.07, 6.45) is 0.825. The third-order valence-electron chi connectivity index (χ3n) is 4.81. The molecule has 5 nitrogen and oxygen atoms in total. The third kappa shape index (κ3) is 6.07. The summed E-state index contributed by atoms with van der Waals surface area (Å²) < 4.78 is 16.6. The Balaban J connectivity index is 2.34. The van der Waals surface area contributed by atoms with Crippen LogP contribution in [0.1, 0.15) is 52.2 Å². The standard InChI is InChI=1S/C26H30O5/c1-8-15-29-23-16-20(11-14-22(23)31-25(28)18(4)5)26(6,7)19-9-12-21(13-10-19)30-24(27)17(2)3/h9-14,16H,2,4,8,15H2,1,3,5-7H3. The molecule has 0 N–H and O–H groups in total. The van der Waals surface area contributed by atoms with Gasteiger partial charge in [-0.15, -0.1) is 0 Å². The summed E-state index contributed by atoms with van der Waals surface area (Å²) >= 11 is 0. The minimum absolute atomic E-state index is 0.318. The Kier molecular flexibility index (Phi) is 7.81. The average molecular weight is 423 g/mol. The van der Waals surface area contributed by atoms with Gasteiger partial charge in [0, 0.05) is 16.6 Å². The number of ether oxygens (including phenoxy) is 3. The summed E-state index contributed by atoms with van der Waals surface area (Å²) in [4.78, 5) is 23.7. The van der Waals surface area contributed by atoms with Crippen LogP contribution < -0.4 is 14.2 Å².